The maximum atomic E-state index is 2.32. The molecule has 3 heteroatoms. The van der Waals surface area contributed by atoms with Crippen molar-refractivity contribution in [2.75, 3.05) is 6.52 Å². The fourth-order valence-electron chi connectivity index (χ4n) is 3.43. The Morgan fingerprint density at radius 1 is 0.379 bits per heavy atom. The van der Waals surface area contributed by atoms with Crippen molar-refractivity contribution in [3.05, 3.63) is 121 Å². The minimum absolute atomic E-state index is 0.223. The molecule has 0 unspecified atom stereocenters. The standard InChI is InChI=1S/2C13H12S.Hg/c2*1-14(12-8-4-2-5-9-12)13-10-6-3-7-11-13;/h2*2-11H,1H2;/q2*+1;. The summed E-state index contributed by atoms with van der Waals surface area (Å²) >= 11 is -1.10. The van der Waals surface area contributed by atoms with Crippen LogP contribution >= 0.6 is 0 Å². The molecule has 0 bridgehead atoms. The molecule has 4 aromatic carbocycles. The second kappa shape index (κ2) is 11.1. The molecule has 0 atom stereocenters. The van der Waals surface area contributed by atoms with Crippen LogP contribution in [0.5, 0.6) is 0 Å². The van der Waals surface area contributed by atoms with E-state index in [9.17, 15) is 0 Å². The summed E-state index contributed by atoms with van der Waals surface area (Å²) in [5.74, 6) is 0. The van der Waals surface area contributed by atoms with E-state index in [4.69, 9.17) is 0 Å². The molecular formula is C26H24HgS2+2. The molecule has 0 aliphatic carbocycles. The van der Waals surface area contributed by atoms with E-state index in [0.29, 0.717) is 0 Å². The molecule has 0 saturated heterocycles. The van der Waals surface area contributed by atoms with Gasteiger partial charge < -0.3 is 0 Å². The van der Waals surface area contributed by atoms with Crippen LogP contribution in [0.3, 0.4) is 0 Å². The molecule has 0 N–H and O–H groups in total. The molecule has 0 nitrogen and oxygen atoms in total. The topological polar surface area (TPSA) is 0 Å². The Kier molecular flexibility index (Phi) is 7.92. The Bertz CT molecular complexity index is 814. The van der Waals surface area contributed by atoms with Crippen molar-refractivity contribution in [3.8, 4) is 0 Å². The van der Waals surface area contributed by atoms with Crippen molar-refractivity contribution in [1.82, 2.24) is 0 Å². The van der Waals surface area contributed by atoms with Gasteiger partial charge >= 0.3 is 194 Å². The third-order valence-electron chi connectivity index (χ3n) is 4.81. The first-order valence-electron chi connectivity index (χ1n) is 10.0. The second-order valence-corrected chi connectivity index (χ2v) is 23.3. The van der Waals surface area contributed by atoms with E-state index in [1.807, 2.05) is 0 Å². The van der Waals surface area contributed by atoms with E-state index < -0.39 is 24.6 Å². The first kappa shape index (κ1) is 20.8. The van der Waals surface area contributed by atoms with Crippen LogP contribution in [-0.4, -0.2) is 6.52 Å². The number of hydrogen-bond donors (Lipinski definition) is 0. The zero-order chi connectivity index (χ0) is 19.7. The molecule has 29 heavy (non-hydrogen) atoms. The van der Waals surface area contributed by atoms with E-state index in [1.165, 1.54) is 26.1 Å². The van der Waals surface area contributed by atoms with Gasteiger partial charge in [-0.05, 0) is 0 Å². The van der Waals surface area contributed by atoms with Crippen LogP contribution in [0, 0.1) is 0 Å². The third-order valence-corrected chi connectivity index (χ3v) is 25.8. The van der Waals surface area contributed by atoms with Crippen molar-refractivity contribution < 1.29 is 24.6 Å². The SMILES string of the molecule is c1ccc([S+]([CH2][Hg][CH2][S+](c2ccccc2)c2ccccc2)c2ccccc2)cc1. The Balaban J connectivity index is 1.53. The molecule has 0 aliphatic rings. The zero-order valence-electron chi connectivity index (χ0n) is 16.5. The van der Waals surface area contributed by atoms with Crippen LogP contribution in [0.2, 0.25) is 0 Å². The average Bonchev–Trinajstić information content (AvgIpc) is 2.81. The van der Waals surface area contributed by atoms with E-state index in [2.05, 4.69) is 121 Å². The molecule has 4 rings (SSSR count). The normalized spacial score (nSPS) is 10.8. The maximum absolute atomic E-state index is 2.32. The van der Waals surface area contributed by atoms with Gasteiger partial charge in [0.15, 0.2) is 0 Å². The summed E-state index contributed by atoms with van der Waals surface area (Å²) in [5.41, 5.74) is 0. The van der Waals surface area contributed by atoms with Gasteiger partial charge in [0.05, 0.1) is 0 Å². The molecule has 0 spiro atoms. The summed E-state index contributed by atoms with van der Waals surface area (Å²) in [6.45, 7) is 0. The van der Waals surface area contributed by atoms with Gasteiger partial charge in [0.2, 0.25) is 0 Å². The molecule has 140 valence electrons. The van der Waals surface area contributed by atoms with Gasteiger partial charge in [-0.15, -0.1) is 0 Å². The third kappa shape index (κ3) is 5.78. The molecule has 0 aromatic heterocycles. The quantitative estimate of drug-likeness (QED) is 0.161. The monoisotopic (exact) mass is 602 g/mol. The fraction of sp³-hybridized carbons (Fsp3) is 0.0769. The second-order valence-electron chi connectivity index (χ2n) is 6.80. The van der Waals surface area contributed by atoms with Crippen LogP contribution in [0.1, 0.15) is 0 Å². The molecule has 0 aliphatic heterocycles. The Hall–Kier alpha value is -1.48. The predicted molar refractivity (Wildman–Crippen MR) is 123 cm³/mol. The first-order chi connectivity index (χ1) is 14.4. The Morgan fingerprint density at radius 2 is 0.621 bits per heavy atom. The Labute approximate surface area is 192 Å². The summed E-state index contributed by atoms with van der Waals surface area (Å²) in [6.07, 6.45) is 0. The van der Waals surface area contributed by atoms with Crippen molar-refractivity contribution in [2.45, 2.75) is 19.6 Å². The van der Waals surface area contributed by atoms with Crippen LogP contribution in [-0.2, 0) is 46.4 Å². The number of hydrogen-bond acceptors (Lipinski definition) is 0. The van der Waals surface area contributed by atoms with Crippen molar-refractivity contribution >= 4 is 21.8 Å². The number of benzene rings is 4. The molecule has 0 amide bonds. The molecule has 4 aromatic rings. The average molecular weight is 601 g/mol. The zero-order valence-corrected chi connectivity index (χ0v) is 23.6. The summed E-state index contributed by atoms with van der Waals surface area (Å²) in [4.78, 5) is 5.99. The molecule has 0 fully saturated rings. The van der Waals surface area contributed by atoms with Crippen LogP contribution in [0.4, 0.5) is 0 Å². The van der Waals surface area contributed by atoms with Crippen molar-refractivity contribution in [1.29, 1.82) is 0 Å². The van der Waals surface area contributed by atoms with Crippen molar-refractivity contribution in [3.63, 3.8) is 0 Å². The fourth-order valence-corrected chi connectivity index (χ4v) is 29.8. The molecular weight excluding hydrogens is 577 g/mol. The van der Waals surface area contributed by atoms with Gasteiger partial charge in [-0.25, -0.2) is 0 Å². The van der Waals surface area contributed by atoms with E-state index >= 15 is 0 Å². The summed E-state index contributed by atoms with van der Waals surface area (Å²) < 4.78 is 2.83. The van der Waals surface area contributed by atoms with Gasteiger partial charge in [-0.3, -0.25) is 0 Å². The van der Waals surface area contributed by atoms with Gasteiger partial charge in [-0.2, -0.15) is 0 Å². The van der Waals surface area contributed by atoms with Gasteiger partial charge in [0.25, 0.3) is 0 Å². The summed E-state index contributed by atoms with van der Waals surface area (Å²) in [5, 5.41) is 0. The molecule has 0 radical (unpaired) electrons. The van der Waals surface area contributed by atoms with Gasteiger partial charge in [0, 0.05) is 0 Å². The Morgan fingerprint density at radius 3 is 0.862 bits per heavy atom. The van der Waals surface area contributed by atoms with E-state index in [-0.39, 0.29) is 21.8 Å². The van der Waals surface area contributed by atoms with Crippen LogP contribution in [0.15, 0.2) is 141 Å². The molecule has 0 saturated carbocycles. The number of rotatable bonds is 8. The van der Waals surface area contributed by atoms with Gasteiger partial charge in [-0.1, -0.05) is 0 Å². The summed E-state index contributed by atoms with van der Waals surface area (Å²) in [7, 11) is 0.446. The minimum atomic E-state index is -1.10. The summed E-state index contributed by atoms with van der Waals surface area (Å²) in [6, 6.07) is 44.6. The van der Waals surface area contributed by atoms with Crippen LogP contribution in [0.25, 0.3) is 0 Å². The van der Waals surface area contributed by atoms with Gasteiger partial charge in [0.1, 0.15) is 0 Å². The van der Waals surface area contributed by atoms with Crippen LogP contribution < -0.4 is 0 Å². The van der Waals surface area contributed by atoms with Crippen molar-refractivity contribution in [2.24, 2.45) is 0 Å². The first-order valence-corrected chi connectivity index (χ1v) is 20.6. The predicted octanol–water partition coefficient (Wildman–Crippen LogP) is 6.46. The van der Waals surface area contributed by atoms with E-state index in [1.54, 1.807) is 0 Å². The van der Waals surface area contributed by atoms with E-state index in [0.717, 1.165) is 0 Å². The molecule has 0 heterocycles.